The predicted octanol–water partition coefficient (Wildman–Crippen LogP) is 2.11. The van der Waals surface area contributed by atoms with Crippen LogP contribution in [0.1, 0.15) is 0 Å². The maximum Gasteiger partial charge on any atom is 0.117 e. The summed E-state index contributed by atoms with van der Waals surface area (Å²) in [6.45, 7) is 6.24. The molecule has 0 radical (unpaired) electrons. The molecule has 46 valence electrons. The molecule has 0 aromatic rings. The van der Waals surface area contributed by atoms with Crippen molar-refractivity contribution in [3.8, 4) is 6.07 Å². The van der Waals surface area contributed by atoms with Gasteiger partial charge in [-0.15, -0.1) is 0 Å². The molecule has 9 heavy (non-hydrogen) atoms. The summed E-state index contributed by atoms with van der Waals surface area (Å²) in [7, 11) is 0. The Morgan fingerprint density at radius 3 is 2.33 bits per heavy atom. The predicted molar refractivity (Wildman–Crippen MR) is 34.1 cm³/mol. The van der Waals surface area contributed by atoms with Crippen molar-refractivity contribution in [2.45, 2.75) is 0 Å². The second kappa shape index (κ2) is 3.62. The summed E-state index contributed by atoms with van der Waals surface area (Å²) in [6.07, 6.45) is 2.29. The van der Waals surface area contributed by atoms with Crippen molar-refractivity contribution in [1.29, 1.82) is 5.26 Å². The van der Waals surface area contributed by atoms with E-state index >= 15 is 0 Å². The van der Waals surface area contributed by atoms with Crippen LogP contribution in [-0.2, 0) is 0 Å². The average molecular weight is 123 g/mol. The van der Waals surface area contributed by atoms with Gasteiger partial charge in [-0.3, -0.25) is 0 Å². The first-order valence-corrected chi connectivity index (χ1v) is 2.29. The fourth-order valence-electron chi connectivity index (χ4n) is 0.306. The molecule has 0 amide bonds. The Bertz CT molecular complexity index is 195. The van der Waals surface area contributed by atoms with Crippen molar-refractivity contribution in [3.05, 3.63) is 36.7 Å². The van der Waals surface area contributed by atoms with Gasteiger partial charge in [0.25, 0.3) is 0 Å². The van der Waals surface area contributed by atoms with E-state index in [-0.39, 0.29) is 5.57 Å². The van der Waals surface area contributed by atoms with Crippen LogP contribution in [0.15, 0.2) is 36.7 Å². The average Bonchev–Trinajstić information content (AvgIpc) is 1.82. The summed E-state index contributed by atoms with van der Waals surface area (Å²) < 4.78 is 11.9. The molecule has 0 aliphatic heterocycles. The van der Waals surface area contributed by atoms with E-state index in [0.717, 1.165) is 6.08 Å². The van der Waals surface area contributed by atoms with Gasteiger partial charge in [0.15, 0.2) is 0 Å². The van der Waals surface area contributed by atoms with Gasteiger partial charge < -0.3 is 0 Å². The Morgan fingerprint density at radius 2 is 2.22 bits per heavy atom. The number of nitriles is 1. The van der Waals surface area contributed by atoms with Gasteiger partial charge in [0.05, 0.1) is 11.6 Å². The second-order valence-electron chi connectivity index (χ2n) is 1.36. The number of allylic oxidation sites excluding steroid dienone is 4. The summed E-state index contributed by atoms with van der Waals surface area (Å²) in [5.74, 6) is -0.633. The van der Waals surface area contributed by atoms with Crippen molar-refractivity contribution < 1.29 is 4.39 Å². The molecule has 0 bridgehead atoms. The largest absolute Gasteiger partial charge is 0.208 e. The molecule has 1 nitrogen and oxygen atoms in total. The minimum absolute atomic E-state index is 0.183. The first-order chi connectivity index (χ1) is 4.20. The third-order valence-electron chi connectivity index (χ3n) is 0.661. The van der Waals surface area contributed by atoms with Gasteiger partial charge in [0.2, 0.25) is 0 Å². The first kappa shape index (κ1) is 7.64. The maximum atomic E-state index is 11.9. The Morgan fingerprint density at radius 1 is 1.67 bits per heavy atom. The molecule has 0 aliphatic rings. The van der Waals surface area contributed by atoms with E-state index in [4.69, 9.17) is 5.26 Å². The standard InChI is InChI=1S/C7H6FN/c1-3-7(5-9)4-6(2)8/h3-4H,1-2H2/b7-4+. The van der Waals surface area contributed by atoms with Crippen LogP contribution in [0.2, 0.25) is 0 Å². The van der Waals surface area contributed by atoms with Gasteiger partial charge in [-0.2, -0.15) is 5.26 Å². The Labute approximate surface area is 53.4 Å². The molecule has 0 N–H and O–H groups in total. The summed E-state index contributed by atoms with van der Waals surface area (Å²) in [5, 5.41) is 8.18. The number of halogens is 1. The van der Waals surface area contributed by atoms with E-state index in [1.807, 2.05) is 0 Å². The number of nitrogens with zero attached hydrogens (tertiary/aromatic N) is 1. The molecule has 0 atom stereocenters. The molecule has 0 saturated heterocycles. The maximum absolute atomic E-state index is 11.9. The summed E-state index contributed by atoms with van der Waals surface area (Å²) in [4.78, 5) is 0. The lowest BCUT2D eigenvalue weighted by atomic mass is 10.3. The van der Waals surface area contributed by atoms with E-state index < -0.39 is 5.83 Å². The van der Waals surface area contributed by atoms with E-state index in [0.29, 0.717) is 0 Å². The van der Waals surface area contributed by atoms with Gasteiger partial charge in [-0.1, -0.05) is 19.2 Å². The zero-order chi connectivity index (χ0) is 7.28. The third kappa shape index (κ3) is 3.24. The van der Waals surface area contributed by atoms with Crippen LogP contribution in [0.4, 0.5) is 4.39 Å². The lowest BCUT2D eigenvalue weighted by Gasteiger charge is -1.81. The normalized spacial score (nSPS) is 10.0. The monoisotopic (exact) mass is 123 g/mol. The van der Waals surface area contributed by atoms with E-state index in [9.17, 15) is 4.39 Å². The molecule has 0 spiro atoms. The van der Waals surface area contributed by atoms with Crippen molar-refractivity contribution in [2.75, 3.05) is 0 Å². The molecule has 0 rings (SSSR count). The van der Waals surface area contributed by atoms with E-state index in [1.165, 1.54) is 6.08 Å². The number of hydrogen-bond acceptors (Lipinski definition) is 1. The number of hydrogen-bond donors (Lipinski definition) is 0. The van der Waals surface area contributed by atoms with Crippen molar-refractivity contribution >= 4 is 0 Å². The molecular weight excluding hydrogens is 117 g/mol. The smallest absolute Gasteiger partial charge is 0.117 e. The molecule has 0 unspecified atom stereocenters. The van der Waals surface area contributed by atoms with E-state index in [2.05, 4.69) is 13.2 Å². The number of rotatable bonds is 2. The SMILES string of the molecule is C=C/C(C#N)=C\C(=C)F. The molecule has 0 heterocycles. The molecule has 0 aromatic carbocycles. The Hall–Kier alpha value is -1.36. The van der Waals surface area contributed by atoms with Crippen molar-refractivity contribution in [1.82, 2.24) is 0 Å². The summed E-state index contributed by atoms with van der Waals surface area (Å²) in [5.41, 5.74) is 0.183. The Kier molecular flexibility index (Phi) is 3.07. The van der Waals surface area contributed by atoms with E-state index in [1.54, 1.807) is 6.07 Å². The fraction of sp³-hybridized carbons (Fsp3) is 0. The van der Waals surface area contributed by atoms with Crippen LogP contribution in [-0.4, -0.2) is 0 Å². The molecule has 2 heteroatoms. The highest BCUT2D eigenvalue weighted by atomic mass is 19.1. The molecular formula is C7H6FN. The highest BCUT2D eigenvalue weighted by Gasteiger charge is 1.86. The van der Waals surface area contributed by atoms with Gasteiger partial charge >= 0.3 is 0 Å². The molecule has 0 aliphatic carbocycles. The summed E-state index contributed by atoms with van der Waals surface area (Å²) >= 11 is 0. The minimum atomic E-state index is -0.633. The lowest BCUT2D eigenvalue weighted by Crippen LogP contribution is -1.69. The van der Waals surface area contributed by atoms with Gasteiger partial charge in [-0.25, -0.2) is 4.39 Å². The van der Waals surface area contributed by atoms with Crippen LogP contribution < -0.4 is 0 Å². The second-order valence-corrected chi connectivity index (χ2v) is 1.36. The quantitative estimate of drug-likeness (QED) is 0.407. The molecule has 0 fully saturated rings. The summed E-state index contributed by atoms with van der Waals surface area (Å²) in [6, 6.07) is 1.73. The van der Waals surface area contributed by atoms with Crippen LogP contribution in [0.5, 0.6) is 0 Å². The van der Waals surface area contributed by atoms with Gasteiger partial charge in [0.1, 0.15) is 5.83 Å². The Balaban J connectivity index is 4.30. The topological polar surface area (TPSA) is 23.8 Å². The fourth-order valence-corrected chi connectivity index (χ4v) is 0.306. The van der Waals surface area contributed by atoms with Crippen molar-refractivity contribution in [3.63, 3.8) is 0 Å². The minimum Gasteiger partial charge on any atom is -0.208 e. The zero-order valence-corrected chi connectivity index (χ0v) is 4.89. The van der Waals surface area contributed by atoms with Crippen LogP contribution in [0, 0.1) is 11.3 Å². The molecule has 0 saturated carbocycles. The first-order valence-electron chi connectivity index (χ1n) is 2.29. The van der Waals surface area contributed by atoms with Crippen LogP contribution in [0.3, 0.4) is 0 Å². The van der Waals surface area contributed by atoms with Gasteiger partial charge in [-0.05, 0) is 6.08 Å². The highest BCUT2D eigenvalue weighted by Crippen LogP contribution is 2.00. The van der Waals surface area contributed by atoms with Gasteiger partial charge in [0, 0.05) is 0 Å². The third-order valence-corrected chi connectivity index (χ3v) is 0.661. The highest BCUT2D eigenvalue weighted by molar-refractivity contribution is 5.35. The van der Waals surface area contributed by atoms with Crippen molar-refractivity contribution in [2.24, 2.45) is 0 Å². The molecule has 0 aromatic heterocycles. The zero-order valence-electron chi connectivity index (χ0n) is 4.89. The lowest BCUT2D eigenvalue weighted by molar-refractivity contribution is 0.671. The van der Waals surface area contributed by atoms with Crippen LogP contribution >= 0.6 is 0 Å². The van der Waals surface area contributed by atoms with Crippen LogP contribution in [0.25, 0.3) is 0 Å².